The van der Waals surface area contributed by atoms with Crippen molar-refractivity contribution in [3.8, 4) is 11.8 Å². The Morgan fingerprint density at radius 3 is 2.56 bits per heavy atom. The minimum atomic E-state index is -3.30. The van der Waals surface area contributed by atoms with Crippen molar-refractivity contribution in [3.63, 3.8) is 0 Å². The van der Waals surface area contributed by atoms with E-state index in [0.29, 0.717) is 12.1 Å². The van der Waals surface area contributed by atoms with Crippen LogP contribution in [-0.2, 0) is 0 Å². The average Bonchev–Trinajstić information content (AvgIpc) is 2.19. The lowest BCUT2D eigenvalue weighted by molar-refractivity contribution is -0.385. The van der Waals surface area contributed by atoms with E-state index in [1.54, 1.807) is 0 Å². The normalized spacial score (nSPS) is 9.94. The fourth-order valence-electron chi connectivity index (χ4n) is 0.970. The molecule has 0 aliphatic rings. The molecule has 0 aliphatic heterocycles. The lowest BCUT2D eigenvalue weighted by atomic mass is 10.2. The van der Waals surface area contributed by atoms with Crippen LogP contribution in [0.5, 0.6) is 5.75 Å². The third-order valence-corrected chi connectivity index (χ3v) is 1.58. The van der Waals surface area contributed by atoms with Crippen LogP contribution in [0.25, 0.3) is 0 Å². The maximum atomic E-state index is 13.0. The van der Waals surface area contributed by atoms with E-state index in [-0.39, 0.29) is 0 Å². The monoisotopic (exact) mass is 232 g/mol. The molecule has 0 fully saturated rings. The molecule has 0 aliphatic carbocycles. The molecule has 0 radical (unpaired) electrons. The molecule has 0 saturated heterocycles. The highest BCUT2D eigenvalue weighted by molar-refractivity contribution is 5.53. The lowest BCUT2D eigenvalue weighted by Crippen LogP contribution is -2.05. The minimum absolute atomic E-state index is 0.444. The molecule has 1 aromatic rings. The Morgan fingerprint density at radius 1 is 1.50 bits per heavy atom. The SMILES string of the molecule is N#Cc1cc(F)c(OC(F)F)cc1[N+](=O)[O-]. The first-order valence-electron chi connectivity index (χ1n) is 3.78. The van der Waals surface area contributed by atoms with Gasteiger partial charge in [-0.05, 0) is 0 Å². The molecular formula is C8H3F3N2O3. The second-order valence-electron chi connectivity index (χ2n) is 2.55. The summed E-state index contributed by atoms with van der Waals surface area (Å²) < 4.78 is 40.3. The van der Waals surface area contributed by atoms with Crippen molar-refractivity contribution in [3.05, 3.63) is 33.6 Å². The smallest absolute Gasteiger partial charge is 0.387 e. The first-order valence-corrected chi connectivity index (χ1v) is 3.78. The molecule has 0 amide bonds. The van der Waals surface area contributed by atoms with Gasteiger partial charge < -0.3 is 4.74 Å². The zero-order valence-electron chi connectivity index (χ0n) is 7.49. The molecule has 84 valence electrons. The quantitative estimate of drug-likeness (QED) is 0.591. The summed E-state index contributed by atoms with van der Waals surface area (Å²) in [6, 6.07) is 2.29. The predicted octanol–water partition coefficient (Wildman–Crippen LogP) is 2.21. The van der Waals surface area contributed by atoms with E-state index in [1.807, 2.05) is 0 Å². The molecule has 1 aromatic carbocycles. The highest BCUT2D eigenvalue weighted by Crippen LogP contribution is 2.28. The maximum Gasteiger partial charge on any atom is 0.387 e. The molecule has 0 N–H and O–H groups in total. The fourth-order valence-corrected chi connectivity index (χ4v) is 0.970. The maximum absolute atomic E-state index is 13.0. The fraction of sp³-hybridized carbons (Fsp3) is 0.125. The van der Waals surface area contributed by atoms with E-state index < -0.39 is 34.4 Å². The molecule has 0 bridgehead atoms. The number of hydrogen-bond donors (Lipinski definition) is 0. The van der Waals surface area contributed by atoms with Gasteiger partial charge in [0, 0.05) is 6.07 Å². The minimum Gasteiger partial charge on any atom is -0.431 e. The molecule has 0 heterocycles. The molecule has 0 spiro atoms. The lowest BCUT2D eigenvalue weighted by Gasteiger charge is -2.05. The van der Waals surface area contributed by atoms with Crippen LogP contribution in [0.2, 0.25) is 0 Å². The van der Waals surface area contributed by atoms with Crippen molar-refractivity contribution >= 4 is 5.69 Å². The van der Waals surface area contributed by atoms with E-state index in [2.05, 4.69) is 4.74 Å². The standard InChI is InChI=1S/C8H3F3N2O3/c9-5-1-4(3-12)6(13(14)15)2-7(5)16-8(10)11/h1-2,8H. The number of nitriles is 1. The van der Waals surface area contributed by atoms with Crippen LogP contribution in [-0.4, -0.2) is 11.5 Å². The number of nitro groups is 1. The summed E-state index contributed by atoms with van der Waals surface area (Å²) in [6.07, 6.45) is 0. The van der Waals surface area contributed by atoms with Crippen molar-refractivity contribution in [1.29, 1.82) is 5.26 Å². The van der Waals surface area contributed by atoms with Gasteiger partial charge in [0.2, 0.25) is 0 Å². The Morgan fingerprint density at radius 2 is 2.12 bits per heavy atom. The van der Waals surface area contributed by atoms with Gasteiger partial charge in [-0.25, -0.2) is 4.39 Å². The molecule has 0 atom stereocenters. The van der Waals surface area contributed by atoms with Crippen molar-refractivity contribution in [2.24, 2.45) is 0 Å². The van der Waals surface area contributed by atoms with E-state index in [1.165, 1.54) is 6.07 Å². The van der Waals surface area contributed by atoms with Gasteiger partial charge in [0.05, 0.1) is 11.0 Å². The van der Waals surface area contributed by atoms with Gasteiger partial charge in [0.1, 0.15) is 11.6 Å². The van der Waals surface area contributed by atoms with Gasteiger partial charge in [0.15, 0.2) is 11.6 Å². The third kappa shape index (κ3) is 2.38. The van der Waals surface area contributed by atoms with Gasteiger partial charge in [0.25, 0.3) is 5.69 Å². The number of benzene rings is 1. The van der Waals surface area contributed by atoms with Crippen LogP contribution in [0.15, 0.2) is 12.1 Å². The van der Waals surface area contributed by atoms with Crippen LogP contribution < -0.4 is 4.74 Å². The summed E-state index contributed by atoms with van der Waals surface area (Å²) in [5, 5.41) is 18.9. The van der Waals surface area contributed by atoms with Crippen LogP contribution in [0.1, 0.15) is 5.56 Å². The van der Waals surface area contributed by atoms with E-state index in [4.69, 9.17) is 5.26 Å². The van der Waals surface area contributed by atoms with Crippen LogP contribution in [0, 0.1) is 27.3 Å². The van der Waals surface area contributed by atoms with Crippen molar-refractivity contribution in [2.45, 2.75) is 6.61 Å². The number of nitro benzene ring substituents is 1. The van der Waals surface area contributed by atoms with E-state index in [0.717, 1.165) is 0 Å². The summed E-state index contributed by atoms with van der Waals surface area (Å²) >= 11 is 0. The highest BCUT2D eigenvalue weighted by atomic mass is 19.3. The Labute approximate surface area is 86.8 Å². The summed E-state index contributed by atoms with van der Waals surface area (Å²) in [4.78, 5) is 9.43. The number of rotatable bonds is 3. The Bertz CT molecular complexity index is 470. The number of halogens is 3. The number of ether oxygens (including phenoxy) is 1. The second kappa shape index (κ2) is 4.48. The van der Waals surface area contributed by atoms with Crippen molar-refractivity contribution in [2.75, 3.05) is 0 Å². The molecule has 0 unspecified atom stereocenters. The first kappa shape index (κ1) is 11.8. The Balaban J connectivity index is 3.29. The van der Waals surface area contributed by atoms with Crippen molar-refractivity contribution in [1.82, 2.24) is 0 Å². The molecule has 0 saturated carbocycles. The second-order valence-corrected chi connectivity index (χ2v) is 2.55. The molecular weight excluding hydrogens is 229 g/mol. The molecule has 8 heteroatoms. The molecule has 16 heavy (non-hydrogen) atoms. The first-order chi connectivity index (χ1) is 7.45. The summed E-state index contributed by atoms with van der Waals surface area (Å²) in [6.45, 7) is -3.30. The molecule has 0 aromatic heterocycles. The molecule has 5 nitrogen and oxygen atoms in total. The van der Waals surface area contributed by atoms with Gasteiger partial charge in [-0.1, -0.05) is 0 Å². The van der Waals surface area contributed by atoms with Crippen molar-refractivity contribution < 1.29 is 22.8 Å². The Hall–Kier alpha value is -2.30. The van der Waals surface area contributed by atoms with E-state index in [9.17, 15) is 23.3 Å². The van der Waals surface area contributed by atoms with Gasteiger partial charge in [-0.3, -0.25) is 10.1 Å². The highest BCUT2D eigenvalue weighted by Gasteiger charge is 2.20. The summed E-state index contributed by atoms with van der Waals surface area (Å²) in [7, 11) is 0. The van der Waals surface area contributed by atoms with Crippen LogP contribution >= 0.6 is 0 Å². The zero-order valence-corrected chi connectivity index (χ0v) is 7.49. The zero-order chi connectivity index (χ0) is 12.3. The third-order valence-electron chi connectivity index (χ3n) is 1.58. The van der Waals surface area contributed by atoms with E-state index >= 15 is 0 Å². The summed E-state index contributed by atoms with van der Waals surface area (Å²) in [5.74, 6) is -2.23. The number of nitrogens with zero attached hydrogens (tertiary/aromatic N) is 2. The molecule has 1 rings (SSSR count). The average molecular weight is 232 g/mol. The predicted molar refractivity (Wildman–Crippen MR) is 44.4 cm³/mol. The topological polar surface area (TPSA) is 76.2 Å². The Kier molecular flexibility index (Phi) is 3.30. The van der Waals surface area contributed by atoms with Gasteiger partial charge in [-0.2, -0.15) is 14.0 Å². The van der Waals surface area contributed by atoms with Crippen LogP contribution in [0.4, 0.5) is 18.9 Å². The van der Waals surface area contributed by atoms with Crippen LogP contribution in [0.3, 0.4) is 0 Å². The summed E-state index contributed by atoms with van der Waals surface area (Å²) in [5.41, 5.74) is -1.36. The largest absolute Gasteiger partial charge is 0.431 e. The number of hydrogen-bond acceptors (Lipinski definition) is 4. The van der Waals surface area contributed by atoms with Gasteiger partial charge in [-0.15, -0.1) is 0 Å². The van der Waals surface area contributed by atoms with Gasteiger partial charge >= 0.3 is 6.61 Å². The number of alkyl halides is 2.